The van der Waals surface area contributed by atoms with Gasteiger partial charge in [0.05, 0.1) is 29.4 Å². The summed E-state index contributed by atoms with van der Waals surface area (Å²) in [5.41, 5.74) is 4.12. The number of hydrogen-bond donors (Lipinski definition) is 0. The van der Waals surface area contributed by atoms with Crippen LogP contribution in [0, 0.1) is 5.82 Å². The minimum Gasteiger partial charge on any atom is -0.328 e. The lowest BCUT2D eigenvalue weighted by atomic mass is 10.0. The molecule has 8 nitrogen and oxygen atoms in total. The summed E-state index contributed by atoms with van der Waals surface area (Å²) < 4.78 is 15.7. The predicted molar refractivity (Wildman–Crippen MR) is 132 cm³/mol. The number of benzene rings is 2. The summed E-state index contributed by atoms with van der Waals surface area (Å²) in [6.45, 7) is 0.243. The van der Waals surface area contributed by atoms with E-state index in [2.05, 4.69) is 10.1 Å². The van der Waals surface area contributed by atoms with Crippen LogP contribution in [0.4, 0.5) is 4.39 Å². The minimum atomic E-state index is -0.578. The molecule has 2 aromatic heterocycles. The van der Waals surface area contributed by atoms with Gasteiger partial charge in [0.25, 0.3) is 17.7 Å². The molecule has 0 spiro atoms. The maximum absolute atomic E-state index is 14.0. The van der Waals surface area contributed by atoms with Crippen LogP contribution < -0.4 is 0 Å². The fourth-order valence-corrected chi connectivity index (χ4v) is 5.13. The number of amides is 3. The van der Waals surface area contributed by atoms with E-state index in [4.69, 9.17) is 0 Å². The Bertz CT molecular complexity index is 1540. The summed E-state index contributed by atoms with van der Waals surface area (Å²) in [6.07, 6.45) is 3.60. The van der Waals surface area contributed by atoms with Crippen molar-refractivity contribution in [1.29, 1.82) is 0 Å². The van der Waals surface area contributed by atoms with Gasteiger partial charge in [0.2, 0.25) is 0 Å². The summed E-state index contributed by atoms with van der Waals surface area (Å²) in [5, 5.41) is 4.20. The Morgan fingerprint density at radius 3 is 2.38 bits per heavy atom. The monoisotopic (exact) mass is 495 g/mol. The Hall–Kier alpha value is -4.66. The van der Waals surface area contributed by atoms with Crippen molar-refractivity contribution in [3.8, 4) is 11.3 Å². The van der Waals surface area contributed by atoms with Crippen molar-refractivity contribution < 1.29 is 18.8 Å². The molecule has 0 fully saturated rings. The quantitative estimate of drug-likeness (QED) is 0.382. The van der Waals surface area contributed by atoms with Gasteiger partial charge in [-0.1, -0.05) is 24.3 Å². The molecule has 2 aliphatic heterocycles. The predicted octanol–water partition coefficient (Wildman–Crippen LogP) is 3.48. The molecule has 184 valence electrons. The molecule has 0 bridgehead atoms. The fourth-order valence-electron chi connectivity index (χ4n) is 5.13. The molecule has 4 aromatic rings. The van der Waals surface area contributed by atoms with E-state index in [0.717, 1.165) is 16.8 Å². The maximum atomic E-state index is 14.0. The molecule has 37 heavy (non-hydrogen) atoms. The molecule has 2 aliphatic rings. The van der Waals surface area contributed by atoms with Crippen LogP contribution in [-0.4, -0.2) is 54.9 Å². The second-order valence-electron chi connectivity index (χ2n) is 9.26. The Morgan fingerprint density at radius 1 is 0.946 bits per heavy atom. The highest BCUT2D eigenvalue weighted by Gasteiger charge is 2.40. The van der Waals surface area contributed by atoms with Crippen LogP contribution in [0.15, 0.2) is 73.1 Å². The Balaban J connectivity index is 1.33. The summed E-state index contributed by atoms with van der Waals surface area (Å²) in [6, 6.07) is 16.0. The van der Waals surface area contributed by atoms with Gasteiger partial charge in [-0.25, -0.2) is 4.39 Å². The van der Waals surface area contributed by atoms with Crippen molar-refractivity contribution in [2.24, 2.45) is 7.05 Å². The second-order valence-corrected chi connectivity index (χ2v) is 9.26. The Labute approximate surface area is 212 Å². The molecule has 6 rings (SSSR count). The van der Waals surface area contributed by atoms with Crippen LogP contribution in [0.5, 0.6) is 0 Å². The molecule has 4 heterocycles. The van der Waals surface area contributed by atoms with Gasteiger partial charge in [-0.05, 0) is 48.4 Å². The molecule has 0 radical (unpaired) electrons. The molecule has 0 saturated heterocycles. The fraction of sp³-hybridized carbons (Fsp3) is 0.179. The summed E-state index contributed by atoms with van der Waals surface area (Å²) in [7, 11) is 1.83. The third-order valence-corrected chi connectivity index (χ3v) is 6.96. The van der Waals surface area contributed by atoms with Crippen molar-refractivity contribution in [1.82, 2.24) is 24.6 Å². The van der Waals surface area contributed by atoms with Gasteiger partial charge in [-0.2, -0.15) is 5.10 Å². The number of pyridine rings is 1. The Morgan fingerprint density at radius 2 is 1.70 bits per heavy atom. The molecule has 0 aliphatic carbocycles. The van der Waals surface area contributed by atoms with Crippen molar-refractivity contribution in [2.75, 3.05) is 6.54 Å². The van der Waals surface area contributed by atoms with E-state index in [1.165, 1.54) is 17.0 Å². The van der Waals surface area contributed by atoms with Gasteiger partial charge in [0.15, 0.2) is 0 Å². The Kier molecular flexibility index (Phi) is 5.40. The zero-order valence-electron chi connectivity index (χ0n) is 20.0. The number of nitrogens with zero attached hydrogens (tertiary/aromatic N) is 5. The van der Waals surface area contributed by atoms with Crippen LogP contribution in [0.2, 0.25) is 0 Å². The topological polar surface area (TPSA) is 88.4 Å². The van der Waals surface area contributed by atoms with Gasteiger partial charge in [0, 0.05) is 37.1 Å². The number of carbonyl (C=O) groups is 3. The average Bonchev–Trinajstić information content (AvgIpc) is 3.54. The van der Waals surface area contributed by atoms with Crippen LogP contribution in [0.3, 0.4) is 0 Å². The van der Waals surface area contributed by atoms with Crippen LogP contribution in [-0.2, 0) is 20.0 Å². The largest absolute Gasteiger partial charge is 0.328 e. The highest BCUT2D eigenvalue weighted by molar-refractivity contribution is 6.21. The number of halogens is 1. The van der Waals surface area contributed by atoms with Gasteiger partial charge in [-0.3, -0.25) is 28.9 Å². The zero-order chi connectivity index (χ0) is 25.7. The molecule has 0 saturated carbocycles. The number of rotatable bonds is 6. The number of aromatic nitrogens is 3. The summed E-state index contributed by atoms with van der Waals surface area (Å²) in [4.78, 5) is 46.9. The number of imide groups is 1. The first-order chi connectivity index (χ1) is 17.9. The van der Waals surface area contributed by atoms with Crippen molar-refractivity contribution in [3.63, 3.8) is 0 Å². The van der Waals surface area contributed by atoms with Gasteiger partial charge >= 0.3 is 0 Å². The zero-order valence-corrected chi connectivity index (χ0v) is 20.0. The number of aryl methyl sites for hydroxylation is 1. The van der Waals surface area contributed by atoms with E-state index < -0.39 is 23.7 Å². The maximum Gasteiger partial charge on any atom is 0.273 e. The molecule has 0 N–H and O–H groups in total. The summed E-state index contributed by atoms with van der Waals surface area (Å²) in [5.74, 6) is -1.48. The van der Waals surface area contributed by atoms with Gasteiger partial charge in [0.1, 0.15) is 11.5 Å². The molecule has 3 amide bonds. The van der Waals surface area contributed by atoms with Crippen LogP contribution in [0.1, 0.15) is 42.3 Å². The SMILES string of the molecule is Cn1nccc1-c1cnc2c(c1)CN(C(Cc1cccc(F)c1)CN1C(=O)c3ccccc3C1=O)C2=O. The van der Waals surface area contributed by atoms with Crippen molar-refractivity contribution in [2.45, 2.75) is 19.0 Å². The number of carbonyl (C=O) groups excluding carboxylic acids is 3. The highest BCUT2D eigenvalue weighted by Crippen LogP contribution is 2.30. The first kappa shape index (κ1) is 22.8. The third kappa shape index (κ3) is 3.88. The lowest BCUT2D eigenvalue weighted by Crippen LogP contribution is -2.47. The molecular weight excluding hydrogens is 473 g/mol. The first-order valence-electron chi connectivity index (χ1n) is 11.9. The normalized spacial score (nSPS) is 15.4. The van der Waals surface area contributed by atoms with E-state index in [-0.39, 0.29) is 25.4 Å². The van der Waals surface area contributed by atoms with E-state index in [9.17, 15) is 18.8 Å². The number of hydrogen-bond acceptors (Lipinski definition) is 5. The lowest BCUT2D eigenvalue weighted by Gasteiger charge is -2.30. The molecular formula is C28H22FN5O3. The van der Waals surface area contributed by atoms with Crippen molar-refractivity contribution in [3.05, 3.63) is 107 Å². The van der Waals surface area contributed by atoms with Crippen LogP contribution >= 0.6 is 0 Å². The average molecular weight is 496 g/mol. The van der Waals surface area contributed by atoms with Crippen LogP contribution in [0.25, 0.3) is 11.3 Å². The first-order valence-corrected chi connectivity index (χ1v) is 11.9. The molecule has 2 aromatic carbocycles. The standard InChI is InChI=1S/C28H22FN5O3/c1-32-24(9-10-31-32)18-13-19-15-33(28(37)25(19)30-14-18)21(12-17-5-4-6-20(29)11-17)16-34-26(35)22-7-2-3-8-23(22)27(34)36/h2-11,13-14,21H,12,15-16H2,1H3. The third-order valence-electron chi connectivity index (χ3n) is 6.96. The van der Waals surface area contributed by atoms with Gasteiger partial charge < -0.3 is 4.90 Å². The van der Waals surface area contributed by atoms with E-state index >= 15 is 0 Å². The van der Waals surface area contributed by atoms with E-state index in [1.807, 2.05) is 19.2 Å². The summed E-state index contributed by atoms with van der Waals surface area (Å²) >= 11 is 0. The molecule has 1 atom stereocenters. The van der Waals surface area contributed by atoms with E-state index in [1.54, 1.807) is 58.4 Å². The highest BCUT2D eigenvalue weighted by atomic mass is 19.1. The smallest absolute Gasteiger partial charge is 0.273 e. The minimum absolute atomic E-state index is 0.0167. The number of fused-ring (bicyclic) bond motifs is 2. The molecule has 1 unspecified atom stereocenters. The van der Waals surface area contributed by atoms with E-state index in [0.29, 0.717) is 22.4 Å². The van der Waals surface area contributed by atoms with Crippen molar-refractivity contribution >= 4 is 17.7 Å². The second kappa shape index (κ2) is 8.77. The van der Waals surface area contributed by atoms with Gasteiger partial charge in [-0.15, -0.1) is 0 Å². The molecule has 9 heteroatoms. The lowest BCUT2D eigenvalue weighted by molar-refractivity contribution is 0.0526.